The molecule has 4 rings (SSSR count). The molecule has 142 heavy (non-hydrogen) atoms. The molecule has 0 aromatic carbocycles. The lowest BCUT2D eigenvalue weighted by molar-refractivity contribution is -0.136. The topological polar surface area (TPSA) is 895 Å². The molecule has 20 atom stereocenters. The fraction of sp³-hybridized carbons (Fsp3) is 0.707. The normalized spacial score (nSPS) is 26.2. The monoisotopic (exact) mass is 2110 g/mol. The second-order valence-corrected chi connectivity index (χ2v) is 42.0. The van der Waals surface area contributed by atoms with Crippen molar-refractivity contribution in [3.63, 3.8) is 0 Å². The summed E-state index contributed by atoms with van der Waals surface area (Å²) in [5.74, 6) is -27.0. The summed E-state index contributed by atoms with van der Waals surface area (Å²) in [5, 5.41) is 110. The van der Waals surface area contributed by atoms with Crippen LogP contribution in [0.2, 0.25) is 0 Å². The van der Waals surface area contributed by atoms with Crippen molar-refractivity contribution in [3.8, 4) is 0 Å². The second-order valence-electron chi connectivity index (χ2n) is 34.4. The molecule has 4 saturated heterocycles. The summed E-state index contributed by atoms with van der Waals surface area (Å²) in [6.07, 6.45) is -0.667. The van der Waals surface area contributed by atoms with Crippen molar-refractivity contribution < 1.29 is 86.3 Å². The number of hydrogen-bond donors (Lipinski definition) is 36. The molecule has 4 fully saturated rings. The highest BCUT2D eigenvalue weighted by Crippen LogP contribution is 2.29. The van der Waals surface area contributed by atoms with Gasteiger partial charge in [0.15, 0.2) is 35.8 Å². The molecule has 0 aromatic heterocycles. The van der Waals surface area contributed by atoms with E-state index < -0.39 is 310 Å². The molecule has 4 aliphatic rings. The van der Waals surface area contributed by atoms with Crippen molar-refractivity contribution in [2.24, 2.45) is 58.1 Å². The van der Waals surface area contributed by atoms with E-state index in [4.69, 9.17) is 66.9 Å². The van der Waals surface area contributed by atoms with E-state index in [1.54, 1.807) is 55.4 Å². The van der Waals surface area contributed by atoms with Crippen molar-refractivity contribution in [3.05, 3.63) is 0 Å². The summed E-state index contributed by atoms with van der Waals surface area (Å²) in [6.45, 7) is 11.2. The highest BCUT2D eigenvalue weighted by atomic mass is 33.1. The van der Waals surface area contributed by atoms with Gasteiger partial charge in [0.1, 0.15) is 96.7 Å². The maximum atomic E-state index is 15.7. The molecule has 54 nitrogen and oxygen atoms in total. The molecule has 0 unspecified atom stereocenters. The van der Waals surface area contributed by atoms with Gasteiger partial charge in [-0.3, -0.25) is 119 Å². The van der Waals surface area contributed by atoms with E-state index in [-0.39, 0.29) is 142 Å². The van der Waals surface area contributed by atoms with Crippen LogP contribution in [-0.4, -0.2) is 326 Å². The molecule has 0 spiro atoms. The first kappa shape index (κ1) is 122. The van der Waals surface area contributed by atoms with Gasteiger partial charge in [-0.15, -0.1) is 0 Å². The summed E-state index contributed by atoms with van der Waals surface area (Å²) in [6, 6.07) is -26.2. The van der Waals surface area contributed by atoms with Crippen LogP contribution >= 0.6 is 64.8 Å². The summed E-state index contributed by atoms with van der Waals surface area (Å²) in [7, 11) is 4.98. The highest BCUT2D eigenvalue weighted by molar-refractivity contribution is 8.77. The molecule has 42 N–H and O–H groups in total. The molecule has 0 aromatic rings. The van der Waals surface area contributed by atoms with Crippen LogP contribution in [0.25, 0.3) is 0 Å². The molecule has 4 heterocycles. The smallest absolute Gasteiger partial charge is 0.244 e. The number of hydrogen-bond acceptors (Lipinski definition) is 30. The van der Waals surface area contributed by atoms with Gasteiger partial charge in [-0.05, 0) is 101 Å². The van der Waals surface area contributed by atoms with E-state index in [2.05, 4.69) is 128 Å². The third-order valence-corrected chi connectivity index (χ3v) is 30.5. The molecule has 60 heteroatoms. The van der Waals surface area contributed by atoms with Crippen LogP contribution in [0.1, 0.15) is 158 Å². The minimum Gasteiger partial charge on any atom is -0.370 e. The van der Waals surface area contributed by atoms with Crippen LogP contribution in [0.15, 0.2) is 0 Å². The summed E-state index contributed by atoms with van der Waals surface area (Å²) in [5.41, 5.74) is 33.7. The third-order valence-electron chi connectivity index (χ3n) is 23.2. The Labute approximate surface area is 847 Å². The molecule has 0 radical (unpaired) electrons. The maximum Gasteiger partial charge on any atom is 0.244 e. The number of nitrogens with one attached hydrogen (secondary N) is 30. The van der Waals surface area contributed by atoms with E-state index in [1.165, 1.54) is 0 Å². The molecule has 0 saturated carbocycles. The van der Waals surface area contributed by atoms with Crippen LogP contribution in [0.5, 0.6) is 0 Å². The Hall–Kier alpha value is -11.8. The van der Waals surface area contributed by atoms with E-state index in [9.17, 15) is 38.4 Å². The van der Waals surface area contributed by atoms with Crippen LogP contribution in [0, 0.1) is 56.1 Å². The molecular formula is C82H146N36O18S6. The molecular weight excluding hydrogens is 1970 g/mol. The lowest BCUT2D eigenvalue weighted by Gasteiger charge is -2.31. The first-order chi connectivity index (χ1) is 67.3. The Morgan fingerprint density at radius 2 is 0.408 bits per heavy atom. The van der Waals surface area contributed by atoms with Crippen LogP contribution in [0.3, 0.4) is 0 Å². The molecule has 18 amide bonds. The Bertz CT molecular complexity index is 4100. The van der Waals surface area contributed by atoms with Crippen molar-refractivity contribution in [2.75, 3.05) is 86.9 Å². The van der Waals surface area contributed by atoms with E-state index >= 15 is 47.9 Å². The van der Waals surface area contributed by atoms with Gasteiger partial charge in [0.25, 0.3) is 0 Å². The summed E-state index contributed by atoms with van der Waals surface area (Å²) in [4.78, 5) is 272. The quantitative estimate of drug-likeness (QED) is 0.0129. The number of guanidine groups is 6. The fourth-order valence-corrected chi connectivity index (χ4v) is 21.1. The maximum absolute atomic E-state index is 15.7. The molecule has 4 aliphatic heterocycles. The number of carbonyl (C=O) groups is 18. The lowest BCUT2D eigenvalue weighted by atomic mass is 9.97. The highest BCUT2D eigenvalue weighted by Gasteiger charge is 2.43. The van der Waals surface area contributed by atoms with Crippen molar-refractivity contribution in [2.45, 2.75) is 255 Å². The van der Waals surface area contributed by atoms with Gasteiger partial charge in [0.2, 0.25) is 106 Å². The molecule has 6 bridgehead atoms. The zero-order valence-electron chi connectivity index (χ0n) is 81.0. The van der Waals surface area contributed by atoms with Gasteiger partial charge in [0.05, 0.1) is 13.1 Å². The third kappa shape index (κ3) is 45.6. The Morgan fingerprint density at radius 1 is 0.246 bits per heavy atom. The second kappa shape index (κ2) is 65.4. The minimum absolute atomic E-state index is 0.00428. The zero-order chi connectivity index (χ0) is 106. The SMILES string of the molecule is CC[C@H](C)[C@@H]1NC(=O)[C@@H]2CSSC[C@H](NC(=O)[C@H](CCCNC(=N)N)NC(=O)[C@@H]3CSSC[C@H](NC1=O)C(=O)NCC(=O)N[C@@H](CCCNC(=N)N)C(=O)N[C@H](CCCNC(=N)N)C(=O)N[C@@H]([C@@H](C)CC)C(=O)N3)C(=O)N[C@@H]([C@@H](C)CC)C(=O)N[C@H]1CSSC[C@H](NC(=O)[C@H]([C@@H](C)CC)NC(=O)[C@H](CCCNC(=N)N)NC(=O)[C@H](CCCNC(=N)N)NC(=O)CNC1=O)C(=O)N[C@@H](CCCNC(=N)N)C(=O)N2. The van der Waals surface area contributed by atoms with Crippen LogP contribution in [0.4, 0.5) is 0 Å². The van der Waals surface area contributed by atoms with Gasteiger partial charge < -0.3 is 162 Å². The Kier molecular flexibility index (Phi) is 56.4. The number of fused-ring (bicyclic) bond motifs is 15. The largest absolute Gasteiger partial charge is 0.370 e. The minimum atomic E-state index is -1.80. The van der Waals surface area contributed by atoms with Gasteiger partial charge in [0, 0.05) is 73.8 Å². The number of carbonyl (C=O) groups excluding carboxylic acids is 18. The van der Waals surface area contributed by atoms with Gasteiger partial charge in [-0.25, -0.2) is 0 Å². The predicted octanol–water partition coefficient (Wildman–Crippen LogP) is -9.06. The van der Waals surface area contributed by atoms with Gasteiger partial charge in [-0.1, -0.05) is 146 Å². The van der Waals surface area contributed by atoms with Crippen molar-refractivity contribution >= 4 is 207 Å². The average Bonchev–Trinajstić information content (AvgIpc) is 0.833. The fourth-order valence-electron chi connectivity index (χ4n) is 14.2. The van der Waals surface area contributed by atoms with E-state index in [0.29, 0.717) is 0 Å². The number of nitrogens with two attached hydrogens (primary N) is 6. The lowest BCUT2D eigenvalue weighted by Crippen LogP contribution is -2.62. The van der Waals surface area contributed by atoms with Crippen molar-refractivity contribution in [1.29, 1.82) is 32.5 Å². The van der Waals surface area contributed by atoms with Gasteiger partial charge in [-0.2, -0.15) is 0 Å². The predicted molar refractivity (Wildman–Crippen MR) is 544 cm³/mol. The summed E-state index contributed by atoms with van der Waals surface area (Å²) >= 11 is 0. The van der Waals surface area contributed by atoms with Gasteiger partial charge >= 0.3 is 0 Å². The molecule has 798 valence electrons. The van der Waals surface area contributed by atoms with Crippen molar-refractivity contribution in [1.82, 2.24) is 128 Å². The van der Waals surface area contributed by atoms with Crippen LogP contribution in [-0.2, 0) is 86.3 Å². The Balaban J connectivity index is 2.18. The Morgan fingerprint density at radius 3 is 0.613 bits per heavy atom. The van der Waals surface area contributed by atoms with E-state index in [1.807, 2.05) is 0 Å². The summed E-state index contributed by atoms with van der Waals surface area (Å²) < 4.78 is 0. The first-order valence-electron chi connectivity index (χ1n) is 46.9. The number of rotatable bonds is 32. The van der Waals surface area contributed by atoms with E-state index in [0.717, 1.165) is 64.8 Å². The zero-order valence-corrected chi connectivity index (χ0v) is 85.9. The molecule has 0 aliphatic carbocycles. The average molecular weight is 2120 g/mol. The standard InChI is InChI=1S/C82H146N36O18S6/c1-9-39(5)57-75(135)113-51-35-139-137-33-49(61(121)101-31-55(119)103-43(19-13-25-95-77(83)84)63(123)105-47(67(127)115-57)23-17-29-99-81(91)92)111-73(133)59(41(7)11-3)118-72(132)54-38-142-141-37-53(109-65(125)45(107-69(51)129)21-15-27-97-79(87)88)71(131)117-60(42(8)12-4)74(134)112-50-34-138-140-36-52(70(130)108-46(66(126)110-54)22-16-28-98-80(89)90)114-76(136)58(40(6)10-2)116-68(128)48(24-18-30-100-82(93)94)106-64(124)44(20-14-26-96-78(85)86)104-56(120)32-102-62(50)122/h39-54,57-60H,9-38H2,1-8H3,(H,101,121)(H,102,122)(H,103,119)(H,104,120)(H,105,123)(H,106,124)(H,107,129)(H,108,130)(H,109,125)(H,110,126)(H,111,133)(H,112,134)(H,113,135)(H,114,136)(H,115,127)(H,116,128)(H,117,131)(H,118,132)(H4,83,84,95)(H4,85,86,96)(H4,87,88,97)(H4,89,90,98)(H4,91,92,99)(H4,93,94,100)/t39-,40-,41-,42-,43-,44-,45-,46-,47-,48+,49-,50-,51-,52-,53-,54-,57-,58-,59-,60-/m0/s1. The first-order valence-corrected chi connectivity index (χ1v) is 54.4. The van der Waals surface area contributed by atoms with Crippen LogP contribution < -0.4 is 162 Å². The number of amides is 18.